The zero-order valence-electron chi connectivity index (χ0n) is 14.0. The molecule has 134 valence electrons. The van der Waals surface area contributed by atoms with Gasteiger partial charge in [-0.15, -0.1) is 0 Å². The van der Waals surface area contributed by atoms with E-state index in [9.17, 15) is 13.6 Å². The van der Waals surface area contributed by atoms with E-state index >= 15 is 0 Å². The molecule has 0 aliphatic heterocycles. The number of para-hydroxylation sites is 1. The van der Waals surface area contributed by atoms with Gasteiger partial charge in [-0.3, -0.25) is 4.79 Å². The summed E-state index contributed by atoms with van der Waals surface area (Å²) in [5.41, 5.74) is 0.474. The smallest absolute Gasteiger partial charge is 0.387 e. The molecule has 25 heavy (non-hydrogen) atoms. The maximum atomic E-state index is 12.4. The molecule has 5 heteroatoms. The summed E-state index contributed by atoms with van der Waals surface area (Å²) < 4.78 is 29.4. The second kappa shape index (κ2) is 6.77. The summed E-state index contributed by atoms with van der Waals surface area (Å²) in [7, 11) is 0. The molecule has 3 aliphatic rings. The van der Waals surface area contributed by atoms with Crippen molar-refractivity contribution in [1.29, 1.82) is 0 Å². The second-order valence-electron chi connectivity index (χ2n) is 7.52. The number of carbonyl (C=O) groups is 1. The first kappa shape index (κ1) is 16.6. The van der Waals surface area contributed by atoms with Crippen LogP contribution in [0.4, 0.5) is 8.78 Å². The molecule has 0 spiro atoms. The number of fused-ring (bicyclic) bond motifs is 5. The van der Waals surface area contributed by atoms with Crippen molar-refractivity contribution < 1.29 is 18.3 Å². The Morgan fingerprint density at radius 3 is 2.80 bits per heavy atom. The number of hydrogen-bond acceptors (Lipinski definition) is 2. The largest absolute Gasteiger partial charge is 0.434 e. The molecular weight excluding hydrogens is 324 g/mol. The zero-order chi connectivity index (χ0) is 17.4. The monoisotopic (exact) mass is 347 g/mol. The normalized spacial score (nSPS) is 33.2. The van der Waals surface area contributed by atoms with Crippen LogP contribution in [0, 0.1) is 23.7 Å². The first-order valence-corrected chi connectivity index (χ1v) is 9.14. The van der Waals surface area contributed by atoms with E-state index in [2.05, 4.69) is 10.1 Å². The number of hydrogen-bond donors (Lipinski definition) is 1. The van der Waals surface area contributed by atoms with Crippen LogP contribution in [-0.2, 0) is 4.79 Å². The summed E-state index contributed by atoms with van der Waals surface area (Å²) in [6.45, 7) is -2.88. The van der Waals surface area contributed by atoms with E-state index in [1.54, 1.807) is 24.3 Å². The SMILES string of the molecule is O=C(/C=C/c1ccccc1OC(F)F)NC1CC2CC1C1CCCC21. The Kier molecular flexibility index (Phi) is 4.48. The maximum Gasteiger partial charge on any atom is 0.387 e. The van der Waals surface area contributed by atoms with Gasteiger partial charge >= 0.3 is 6.61 Å². The van der Waals surface area contributed by atoms with Crippen LogP contribution in [-0.4, -0.2) is 18.6 Å². The minimum atomic E-state index is -2.88. The molecule has 5 unspecified atom stereocenters. The first-order valence-electron chi connectivity index (χ1n) is 9.14. The predicted octanol–water partition coefficient (Wildman–Crippen LogP) is 4.24. The van der Waals surface area contributed by atoms with Gasteiger partial charge in [0.05, 0.1) is 0 Å². The molecule has 3 aliphatic carbocycles. The highest BCUT2D eigenvalue weighted by atomic mass is 19.3. The lowest BCUT2D eigenvalue weighted by Crippen LogP contribution is -2.41. The number of halogens is 2. The van der Waals surface area contributed by atoms with E-state index in [1.165, 1.54) is 37.8 Å². The molecule has 0 radical (unpaired) electrons. The number of amides is 1. The van der Waals surface area contributed by atoms with Crippen molar-refractivity contribution >= 4 is 12.0 Å². The third-order valence-corrected chi connectivity index (χ3v) is 6.31. The van der Waals surface area contributed by atoms with Crippen molar-refractivity contribution in [2.24, 2.45) is 23.7 Å². The van der Waals surface area contributed by atoms with Crippen LogP contribution < -0.4 is 10.1 Å². The lowest BCUT2D eigenvalue weighted by molar-refractivity contribution is -0.117. The van der Waals surface area contributed by atoms with Crippen LogP contribution in [0.1, 0.15) is 37.7 Å². The van der Waals surface area contributed by atoms with Crippen molar-refractivity contribution in [1.82, 2.24) is 5.32 Å². The molecule has 1 aromatic carbocycles. The number of ether oxygens (including phenoxy) is 1. The van der Waals surface area contributed by atoms with E-state index in [4.69, 9.17) is 0 Å². The Bertz CT molecular complexity index is 675. The summed E-state index contributed by atoms with van der Waals surface area (Å²) in [6.07, 6.45) is 9.33. The van der Waals surface area contributed by atoms with Crippen molar-refractivity contribution in [2.45, 2.75) is 44.8 Å². The van der Waals surface area contributed by atoms with Gasteiger partial charge in [0.1, 0.15) is 5.75 Å². The fourth-order valence-electron chi connectivity index (χ4n) is 5.45. The first-order chi connectivity index (χ1) is 12.1. The van der Waals surface area contributed by atoms with E-state index in [0.717, 1.165) is 24.2 Å². The molecule has 3 fully saturated rings. The van der Waals surface area contributed by atoms with Crippen molar-refractivity contribution in [3.8, 4) is 5.75 Å². The highest BCUT2D eigenvalue weighted by Crippen LogP contribution is 2.58. The summed E-state index contributed by atoms with van der Waals surface area (Å²) in [5.74, 6) is 3.03. The average molecular weight is 347 g/mol. The van der Waals surface area contributed by atoms with Gasteiger partial charge in [0.25, 0.3) is 0 Å². The molecule has 0 aromatic heterocycles. The topological polar surface area (TPSA) is 38.3 Å². The molecule has 0 saturated heterocycles. The fourth-order valence-corrected chi connectivity index (χ4v) is 5.45. The lowest BCUT2D eigenvalue weighted by Gasteiger charge is -2.31. The van der Waals surface area contributed by atoms with Crippen LogP contribution in [0.15, 0.2) is 30.3 Å². The van der Waals surface area contributed by atoms with Gasteiger partial charge < -0.3 is 10.1 Å². The van der Waals surface area contributed by atoms with E-state index in [-0.39, 0.29) is 17.7 Å². The van der Waals surface area contributed by atoms with Gasteiger partial charge in [-0.05, 0) is 61.5 Å². The zero-order valence-corrected chi connectivity index (χ0v) is 14.0. The number of alkyl halides is 2. The Morgan fingerprint density at radius 1 is 1.16 bits per heavy atom. The predicted molar refractivity (Wildman–Crippen MR) is 91.1 cm³/mol. The molecule has 5 atom stereocenters. The maximum absolute atomic E-state index is 12.4. The summed E-state index contributed by atoms with van der Waals surface area (Å²) in [5, 5.41) is 3.14. The molecule has 2 bridgehead atoms. The van der Waals surface area contributed by atoms with Crippen LogP contribution in [0.3, 0.4) is 0 Å². The van der Waals surface area contributed by atoms with E-state index in [0.29, 0.717) is 11.5 Å². The van der Waals surface area contributed by atoms with Gasteiger partial charge in [0.15, 0.2) is 0 Å². The molecule has 0 heterocycles. The Labute approximate surface area is 146 Å². The number of benzene rings is 1. The summed E-state index contributed by atoms with van der Waals surface area (Å²) in [6, 6.07) is 6.75. The van der Waals surface area contributed by atoms with Crippen molar-refractivity contribution in [2.75, 3.05) is 0 Å². The van der Waals surface area contributed by atoms with Crippen LogP contribution >= 0.6 is 0 Å². The molecule has 4 rings (SSSR count). The van der Waals surface area contributed by atoms with E-state index in [1.807, 2.05) is 0 Å². The standard InChI is InChI=1S/C20H23F2NO2/c21-20(22)25-18-7-2-1-4-12(18)8-9-19(24)23-17-11-13-10-16(17)15-6-3-5-14(13)15/h1-2,4,7-9,13-17,20H,3,5-6,10-11H2,(H,23,24)/b9-8+. The third-order valence-electron chi connectivity index (χ3n) is 6.31. The molecular formula is C20H23F2NO2. The Balaban J connectivity index is 1.38. The average Bonchev–Trinajstić information content (AvgIpc) is 3.26. The van der Waals surface area contributed by atoms with Gasteiger partial charge in [0.2, 0.25) is 5.91 Å². The van der Waals surface area contributed by atoms with Crippen molar-refractivity contribution in [3.63, 3.8) is 0 Å². The second-order valence-corrected chi connectivity index (χ2v) is 7.52. The van der Waals surface area contributed by atoms with Crippen LogP contribution in [0.25, 0.3) is 6.08 Å². The molecule has 3 saturated carbocycles. The minimum Gasteiger partial charge on any atom is -0.434 e. The Morgan fingerprint density at radius 2 is 1.96 bits per heavy atom. The molecule has 3 nitrogen and oxygen atoms in total. The highest BCUT2D eigenvalue weighted by Gasteiger charge is 2.53. The van der Waals surface area contributed by atoms with Crippen LogP contribution in [0.2, 0.25) is 0 Å². The molecule has 1 amide bonds. The molecule has 1 N–H and O–H groups in total. The number of nitrogens with one attached hydrogen (secondary N) is 1. The highest BCUT2D eigenvalue weighted by molar-refractivity contribution is 5.92. The van der Waals surface area contributed by atoms with Gasteiger partial charge in [0, 0.05) is 17.7 Å². The van der Waals surface area contributed by atoms with Gasteiger partial charge in [-0.1, -0.05) is 24.6 Å². The third kappa shape index (κ3) is 3.29. The van der Waals surface area contributed by atoms with Gasteiger partial charge in [-0.25, -0.2) is 0 Å². The van der Waals surface area contributed by atoms with Crippen LogP contribution in [0.5, 0.6) is 5.75 Å². The number of carbonyl (C=O) groups excluding carboxylic acids is 1. The fraction of sp³-hybridized carbons (Fsp3) is 0.550. The van der Waals surface area contributed by atoms with E-state index < -0.39 is 6.61 Å². The quantitative estimate of drug-likeness (QED) is 0.809. The Hall–Kier alpha value is -1.91. The lowest BCUT2D eigenvalue weighted by atomic mass is 9.79. The molecule has 1 aromatic rings. The summed E-state index contributed by atoms with van der Waals surface area (Å²) >= 11 is 0. The van der Waals surface area contributed by atoms with Crippen molar-refractivity contribution in [3.05, 3.63) is 35.9 Å². The number of rotatable bonds is 5. The van der Waals surface area contributed by atoms with Gasteiger partial charge in [-0.2, -0.15) is 8.78 Å². The minimum absolute atomic E-state index is 0.0790. The summed E-state index contributed by atoms with van der Waals surface area (Å²) in [4.78, 5) is 12.3.